The van der Waals surface area contributed by atoms with E-state index < -0.39 is 0 Å². The Morgan fingerprint density at radius 3 is 3.29 bits per heavy atom. The second-order valence-electron chi connectivity index (χ2n) is 3.58. The molecule has 1 aliphatic rings. The zero-order valence-electron chi connectivity index (χ0n) is 8.16. The molecule has 0 bridgehead atoms. The minimum absolute atomic E-state index is 0.589. The number of hydrogen-bond donors (Lipinski definition) is 1. The third kappa shape index (κ3) is 2.45. The number of rotatable bonds is 2. The van der Waals surface area contributed by atoms with Gasteiger partial charge in [-0.3, -0.25) is 4.90 Å². The van der Waals surface area contributed by atoms with Crippen molar-refractivity contribution in [2.75, 3.05) is 19.6 Å². The summed E-state index contributed by atoms with van der Waals surface area (Å²) < 4.78 is 0.780. The van der Waals surface area contributed by atoms with E-state index in [-0.39, 0.29) is 0 Å². The molecular weight excluding hydrogens is 218 g/mol. The summed E-state index contributed by atoms with van der Waals surface area (Å²) in [4.78, 5) is 6.70. The van der Waals surface area contributed by atoms with Crippen molar-refractivity contribution in [1.82, 2.24) is 15.2 Å². The molecule has 3 nitrogen and oxygen atoms in total. The van der Waals surface area contributed by atoms with Gasteiger partial charge in [-0.25, -0.2) is 4.98 Å². The van der Waals surface area contributed by atoms with Crippen LogP contribution in [0.2, 0.25) is 4.34 Å². The molecular formula is C9H14ClN3S. The first-order chi connectivity index (χ1) is 6.75. The second kappa shape index (κ2) is 4.57. The van der Waals surface area contributed by atoms with Crippen LogP contribution >= 0.6 is 22.9 Å². The molecule has 5 heteroatoms. The maximum absolute atomic E-state index is 5.84. The van der Waals surface area contributed by atoms with E-state index in [0.717, 1.165) is 35.5 Å². The smallest absolute Gasteiger partial charge is 0.113 e. The van der Waals surface area contributed by atoms with Gasteiger partial charge in [-0.1, -0.05) is 11.6 Å². The van der Waals surface area contributed by atoms with Gasteiger partial charge >= 0.3 is 0 Å². The van der Waals surface area contributed by atoms with Crippen LogP contribution in [0.15, 0.2) is 6.20 Å². The maximum Gasteiger partial charge on any atom is 0.113 e. The summed E-state index contributed by atoms with van der Waals surface area (Å²) in [6, 6.07) is 0.589. The van der Waals surface area contributed by atoms with Crippen LogP contribution in [0, 0.1) is 0 Å². The fourth-order valence-corrected chi connectivity index (χ4v) is 2.64. The van der Waals surface area contributed by atoms with Gasteiger partial charge in [0.05, 0.1) is 12.7 Å². The summed E-state index contributed by atoms with van der Waals surface area (Å²) in [6.07, 6.45) is 1.73. The molecule has 78 valence electrons. The van der Waals surface area contributed by atoms with Crippen molar-refractivity contribution in [1.29, 1.82) is 0 Å². The monoisotopic (exact) mass is 231 g/mol. The summed E-state index contributed by atoms with van der Waals surface area (Å²) in [5, 5.41) is 4.49. The van der Waals surface area contributed by atoms with E-state index in [1.807, 2.05) is 0 Å². The van der Waals surface area contributed by atoms with E-state index in [9.17, 15) is 0 Å². The third-order valence-electron chi connectivity index (χ3n) is 2.50. The molecule has 0 aromatic carbocycles. The fourth-order valence-electron chi connectivity index (χ4n) is 1.65. The van der Waals surface area contributed by atoms with Crippen LogP contribution in [0.25, 0.3) is 0 Å². The molecule has 0 saturated carbocycles. The molecule has 0 radical (unpaired) electrons. The van der Waals surface area contributed by atoms with Crippen molar-refractivity contribution < 1.29 is 0 Å². The average molecular weight is 232 g/mol. The molecule has 1 fully saturated rings. The highest BCUT2D eigenvalue weighted by atomic mass is 35.5. The molecule has 1 atom stereocenters. The molecule has 2 rings (SSSR count). The Kier molecular flexibility index (Phi) is 3.38. The van der Waals surface area contributed by atoms with Crippen LogP contribution in [0.1, 0.15) is 11.9 Å². The van der Waals surface area contributed by atoms with Gasteiger partial charge in [-0.15, -0.1) is 11.3 Å². The standard InChI is InChI=1S/C9H14ClN3S/c1-7-4-11-2-3-13(7)6-9-12-5-8(10)14-9/h5,7,11H,2-4,6H2,1H3/t7-/m0/s1. The molecule has 1 aromatic rings. The highest BCUT2D eigenvalue weighted by Crippen LogP contribution is 2.20. The van der Waals surface area contributed by atoms with Gasteiger partial charge < -0.3 is 5.32 Å². The SMILES string of the molecule is C[C@H]1CNCCN1Cc1ncc(Cl)s1. The lowest BCUT2D eigenvalue weighted by Crippen LogP contribution is -2.49. The number of aromatic nitrogens is 1. The fraction of sp³-hybridized carbons (Fsp3) is 0.667. The van der Waals surface area contributed by atoms with Gasteiger partial charge in [0, 0.05) is 25.7 Å². The van der Waals surface area contributed by atoms with Crippen molar-refractivity contribution in [3.05, 3.63) is 15.5 Å². The first-order valence-electron chi connectivity index (χ1n) is 4.80. The largest absolute Gasteiger partial charge is 0.314 e. The van der Waals surface area contributed by atoms with Gasteiger partial charge in [0.25, 0.3) is 0 Å². The Balaban J connectivity index is 1.95. The maximum atomic E-state index is 5.84. The Hall–Kier alpha value is -0.160. The lowest BCUT2D eigenvalue weighted by atomic mass is 10.2. The van der Waals surface area contributed by atoms with Crippen LogP contribution in [0.5, 0.6) is 0 Å². The minimum Gasteiger partial charge on any atom is -0.314 e. The van der Waals surface area contributed by atoms with Crippen LogP contribution in [-0.2, 0) is 6.54 Å². The van der Waals surface area contributed by atoms with Crippen LogP contribution in [0.4, 0.5) is 0 Å². The number of thiazole rings is 1. The van der Waals surface area contributed by atoms with E-state index in [1.54, 1.807) is 17.5 Å². The van der Waals surface area contributed by atoms with Gasteiger partial charge in [-0.05, 0) is 6.92 Å². The van der Waals surface area contributed by atoms with Crippen molar-refractivity contribution in [3.8, 4) is 0 Å². The lowest BCUT2D eigenvalue weighted by Gasteiger charge is -2.33. The summed E-state index contributed by atoms with van der Waals surface area (Å²) in [7, 11) is 0. The van der Waals surface area contributed by atoms with Crippen molar-refractivity contribution >= 4 is 22.9 Å². The highest BCUT2D eigenvalue weighted by Gasteiger charge is 2.18. The van der Waals surface area contributed by atoms with Crippen molar-refractivity contribution in [3.63, 3.8) is 0 Å². The molecule has 1 saturated heterocycles. The molecule has 2 heterocycles. The number of nitrogens with zero attached hydrogens (tertiary/aromatic N) is 2. The zero-order chi connectivity index (χ0) is 9.97. The molecule has 0 unspecified atom stereocenters. The van der Waals surface area contributed by atoms with E-state index in [1.165, 1.54) is 0 Å². The van der Waals surface area contributed by atoms with E-state index in [0.29, 0.717) is 6.04 Å². The van der Waals surface area contributed by atoms with Gasteiger partial charge in [0.2, 0.25) is 0 Å². The summed E-state index contributed by atoms with van der Waals surface area (Å²) >= 11 is 7.42. The van der Waals surface area contributed by atoms with Crippen molar-refractivity contribution in [2.24, 2.45) is 0 Å². The first kappa shape index (κ1) is 10.4. The molecule has 0 amide bonds. The summed E-state index contributed by atoms with van der Waals surface area (Å²) in [5.74, 6) is 0. The highest BCUT2D eigenvalue weighted by molar-refractivity contribution is 7.15. The normalized spacial score (nSPS) is 24.0. The number of nitrogens with one attached hydrogen (secondary N) is 1. The van der Waals surface area contributed by atoms with Crippen molar-refractivity contribution in [2.45, 2.75) is 19.5 Å². The Labute approximate surface area is 93.1 Å². The van der Waals surface area contributed by atoms with Crippen LogP contribution in [-0.4, -0.2) is 35.6 Å². The first-order valence-corrected chi connectivity index (χ1v) is 6.00. The van der Waals surface area contributed by atoms with E-state index >= 15 is 0 Å². The number of hydrogen-bond acceptors (Lipinski definition) is 4. The Bertz CT molecular complexity index is 302. The Morgan fingerprint density at radius 2 is 2.64 bits per heavy atom. The molecule has 1 aromatic heterocycles. The van der Waals surface area contributed by atoms with E-state index in [4.69, 9.17) is 11.6 Å². The molecule has 14 heavy (non-hydrogen) atoms. The van der Waals surface area contributed by atoms with Gasteiger partial charge in [-0.2, -0.15) is 0 Å². The zero-order valence-corrected chi connectivity index (χ0v) is 9.74. The third-order valence-corrected chi connectivity index (χ3v) is 3.60. The summed E-state index contributed by atoms with van der Waals surface area (Å²) in [5.41, 5.74) is 0. The molecule has 1 aliphatic heterocycles. The quantitative estimate of drug-likeness (QED) is 0.838. The second-order valence-corrected chi connectivity index (χ2v) is 5.33. The van der Waals surface area contributed by atoms with Gasteiger partial charge in [0.1, 0.15) is 9.34 Å². The van der Waals surface area contributed by atoms with Gasteiger partial charge in [0.15, 0.2) is 0 Å². The summed E-state index contributed by atoms with van der Waals surface area (Å²) in [6.45, 7) is 6.41. The number of piperazine rings is 1. The molecule has 0 aliphatic carbocycles. The lowest BCUT2D eigenvalue weighted by molar-refractivity contribution is 0.165. The Morgan fingerprint density at radius 1 is 1.79 bits per heavy atom. The molecule has 1 N–H and O–H groups in total. The predicted octanol–water partition coefficient (Wildman–Crippen LogP) is 1.59. The number of halogens is 1. The topological polar surface area (TPSA) is 28.2 Å². The van der Waals surface area contributed by atoms with E-state index in [2.05, 4.69) is 22.1 Å². The minimum atomic E-state index is 0.589. The predicted molar refractivity (Wildman–Crippen MR) is 59.9 cm³/mol. The molecule has 0 spiro atoms. The average Bonchev–Trinajstić information content (AvgIpc) is 2.56. The van der Waals surface area contributed by atoms with Crippen LogP contribution < -0.4 is 5.32 Å². The van der Waals surface area contributed by atoms with Crippen LogP contribution in [0.3, 0.4) is 0 Å².